The van der Waals surface area contributed by atoms with Crippen LogP contribution in [0.15, 0.2) is 46.9 Å². The summed E-state index contributed by atoms with van der Waals surface area (Å²) in [5.74, 6) is 0.945. The largest absolute Gasteiger partial charge is 0.493 e. The van der Waals surface area contributed by atoms with Crippen molar-refractivity contribution in [1.29, 1.82) is 0 Å². The monoisotopic (exact) mass is 304 g/mol. The maximum atomic E-state index is 10.4. The molecule has 2 nitrogen and oxygen atoms in total. The first-order chi connectivity index (χ1) is 8.74. The molecule has 0 aliphatic carbocycles. The Kier molecular flexibility index (Phi) is 3.10. The van der Waals surface area contributed by atoms with E-state index in [1.165, 1.54) is 5.56 Å². The van der Waals surface area contributed by atoms with Crippen LogP contribution in [0, 0.1) is 0 Å². The average Bonchev–Trinajstić information content (AvgIpc) is 2.85. The fourth-order valence-corrected chi connectivity index (χ4v) is 2.66. The first kappa shape index (κ1) is 11.8. The summed E-state index contributed by atoms with van der Waals surface area (Å²) in [6.45, 7) is 0.742. The zero-order chi connectivity index (χ0) is 12.5. The Morgan fingerprint density at radius 3 is 2.78 bits per heavy atom. The molecule has 1 aliphatic rings. The lowest BCUT2D eigenvalue weighted by atomic mass is 9.99. The second-order valence-corrected chi connectivity index (χ2v) is 5.34. The van der Waals surface area contributed by atoms with Gasteiger partial charge in [0.05, 0.1) is 6.61 Å². The Morgan fingerprint density at radius 1 is 1.11 bits per heavy atom. The molecule has 1 unspecified atom stereocenters. The van der Waals surface area contributed by atoms with Crippen molar-refractivity contribution in [2.24, 2.45) is 0 Å². The number of fused-ring (bicyclic) bond motifs is 1. The molecule has 0 amide bonds. The quantitative estimate of drug-likeness (QED) is 0.920. The molecule has 0 fully saturated rings. The van der Waals surface area contributed by atoms with E-state index in [2.05, 4.69) is 15.9 Å². The molecule has 1 N–H and O–H groups in total. The lowest BCUT2D eigenvalue weighted by Crippen LogP contribution is -2.00. The van der Waals surface area contributed by atoms with E-state index in [4.69, 9.17) is 4.74 Å². The smallest absolute Gasteiger partial charge is 0.122 e. The highest BCUT2D eigenvalue weighted by molar-refractivity contribution is 9.10. The summed E-state index contributed by atoms with van der Waals surface area (Å²) in [4.78, 5) is 0. The molecule has 1 aliphatic heterocycles. The van der Waals surface area contributed by atoms with E-state index in [1.807, 2.05) is 42.5 Å². The summed E-state index contributed by atoms with van der Waals surface area (Å²) in [5, 5.41) is 10.4. The number of ether oxygens (including phenoxy) is 1. The lowest BCUT2D eigenvalue weighted by molar-refractivity contribution is 0.220. The van der Waals surface area contributed by atoms with E-state index in [1.54, 1.807) is 0 Å². The van der Waals surface area contributed by atoms with Crippen LogP contribution < -0.4 is 4.74 Å². The standard InChI is InChI=1S/C15H13BrO2/c16-13-3-1-2-11(9-13)15(17)12-4-5-14-10(8-12)6-7-18-14/h1-5,8-9,15,17H,6-7H2. The first-order valence-electron chi connectivity index (χ1n) is 5.93. The van der Waals surface area contributed by atoms with Gasteiger partial charge in [-0.15, -0.1) is 0 Å². The van der Waals surface area contributed by atoms with Crippen LogP contribution in [0.3, 0.4) is 0 Å². The summed E-state index contributed by atoms with van der Waals surface area (Å²) in [6, 6.07) is 13.7. The molecule has 0 saturated carbocycles. The first-order valence-corrected chi connectivity index (χ1v) is 6.72. The van der Waals surface area contributed by atoms with Gasteiger partial charge in [-0.3, -0.25) is 0 Å². The number of hydrogen-bond acceptors (Lipinski definition) is 2. The minimum atomic E-state index is -0.589. The number of aliphatic hydroxyl groups excluding tert-OH is 1. The zero-order valence-electron chi connectivity index (χ0n) is 9.77. The Bertz CT molecular complexity index is 580. The maximum absolute atomic E-state index is 10.4. The van der Waals surface area contributed by atoms with Gasteiger partial charge in [0.25, 0.3) is 0 Å². The molecule has 0 aromatic heterocycles. The third-order valence-corrected chi connectivity index (χ3v) is 3.69. The van der Waals surface area contributed by atoms with E-state index in [9.17, 15) is 5.11 Å². The third-order valence-electron chi connectivity index (χ3n) is 3.19. The number of hydrogen-bond donors (Lipinski definition) is 1. The van der Waals surface area contributed by atoms with Crippen molar-refractivity contribution in [3.63, 3.8) is 0 Å². The Hall–Kier alpha value is -1.32. The minimum absolute atomic E-state index is 0.589. The topological polar surface area (TPSA) is 29.5 Å². The Morgan fingerprint density at radius 2 is 1.94 bits per heavy atom. The molecule has 0 spiro atoms. The predicted octanol–water partition coefficient (Wildman–Crippen LogP) is 3.47. The molecule has 1 heterocycles. The zero-order valence-corrected chi connectivity index (χ0v) is 11.4. The van der Waals surface area contributed by atoms with Crippen molar-refractivity contribution < 1.29 is 9.84 Å². The van der Waals surface area contributed by atoms with Gasteiger partial charge in [-0.1, -0.05) is 34.1 Å². The van der Waals surface area contributed by atoms with Gasteiger partial charge in [0.2, 0.25) is 0 Å². The number of rotatable bonds is 2. The molecule has 0 saturated heterocycles. The highest BCUT2D eigenvalue weighted by Crippen LogP contribution is 2.31. The summed E-state index contributed by atoms with van der Waals surface area (Å²) in [5.41, 5.74) is 2.99. The van der Waals surface area contributed by atoms with Crippen molar-refractivity contribution in [3.05, 3.63) is 63.6 Å². The molecule has 92 valence electrons. The molecule has 3 heteroatoms. The van der Waals surface area contributed by atoms with Gasteiger partial charge in [0, 0.05) is 10.9 Å². The fourth-order valence-electron chi connectivity index (χ4n) is 2.25. The summed E-state index contributed by atoms with van der Waals surface area (Å²) in [6.07, 6.45) is 0.336. The van der Waals surface area contributed by atoms with Gasteiger partial charge in [-0.05, 0) is 41.0 Å². The van der Waals surface area contributed by atoms with Crippen LogP contribution in [0.25, 0.3) is 0 Å². The number of aliphatic hydroxyl groups is 1. The summed E-state index contributed by atoms with van der Waals surface area (Å²) >= 11 is 3.42. The second-order valence-electron chi connectivity index (χ2n) is 4.42. The molecule has 18 heavy (non-hydrogen) atoms. The third kappa shape index (κ3) is 2.16. The van der Waals surface area contributed by atoms with Crippen molar-refractivity contribution in [2.75, 3.05) is 6.61 Å². The number of halogens is 1. The Labute approximate surface area is 114 Å². The van der Waals surface area contributed by atoms with Crippen LogP contribution in [-0.2, 0) is 6.42 Å². The lowest BCUT2D eigenvalue weighted by Gasteiger charge is -2.13. The van der Waals surface area contributed by atoms with Gasteiger partial charge in [-0.25, -0.2) is 0 Å². The molecular weight excluding hydrogens is 292 g/mol. The van der Waals surface area contributed by atoms with E-state index in [-0.39, 0.29) is 0 Å². The Balaban J connectivity index is 1.95. The summed E-state index contributed by atoms with van der Waals surface area (Å²) in [7, 11) is 0. The van der Waals surface area contributed by atoms with Crippen LogP contribution in [0.5, 0.6) is 5.75 Å². The van der Waals surface area contributed by atoms with Crippen LogP contribution in [0.4, 0.5) is 0 Å². The van der Waals surface area contributed by atoms with Crippen molar-refractivity contribution in [2.45, 2.75) is 12.5 Å². The predicted molar refractivity (Wildman–Crippen MR) is 73.8 cm³/mol. The molecule has 1 atom stereocenters. The van der Waals surface area contributed by atoms with Gasteiger partial charge in [0.15, 0.2) is 0 Å². The summed E-state index contributed by atoms with van der Waals surface area (Å²) < 4.78 is 6.44. The normalized spacial score (nSPS) is 15.0. The van der Waals surface area contributed by atoms with Crippen LogP contribution >= 0.6 is 15.9 Å². The van der Waals surface area contributed by atoms with E-state index >= 15 is 0 Å². The molecule has 2 aromatic carbocycles. The second kappa shape index (κ2) is 4.75. The van der Waals surface area contributed by atoms with E-state index < -0.39 is 6.10 Å². The molecule has 2 aromatic rings. The number of benzene rings is 2. The highest BCUT2D eigenvalue weighted by atomic mass is 79.9. The minimum Gasteiger partial charge on any atom is -0.493 e. The van der Waals surface area contributed by atoms with E-state index in [0.717, 1.165) is 34.4 Å². The van der Waals surface area contributed by atoms with Gasteiger partial charge in [0.1, 0.15) is 11.9 Å². The van der Waals surface area contributed by atoms with Crippen molar-refractivity contribution in [1.82, 2.24) is 0 Å². The molecule has 3 rings (SSSR count). The van der Waals surface area contributed by atoms with Gasteiger partial charge < -0.3 is 9.84 Å². The SMILES string of the molecule is OC(c1cccc(Br)c1)c1ccc2c(c1)CCO2. The molecule has 0 radical (unpaired) electrons. The van der Waals surface area contributed by atoms with Crippen molar-refractivity contribution >= 4 is 15.9 Å². The van der Waals surface area contributed by atoms with Crippen LogP contribution in [0.1, 0.15) is 22.8 Å². The van der Waals surface area contributed by atoms with Crippen LogP contribution in [0.2, 0.25) is 0 Å². The van der Waals surface area contributed by atoms with E-state index in [0.29, 0.717) is 0 Å². The molecular formula is C15H13BrO2. The van der Waals surface area contributed by atoms with Crippen LogP contribution in [-0.4, -0.2) is 11.7 Å². The highest BCUT2D eigenvalue weighted by Gasteiger charge is 2.16. The average molecular weight is 305 g/mol. The van der Waals surface area contributed by atoms with Crippen molar-refractivity contribution in [3.8, 4) is 5.75 Å². The molecule has 0 bridgehead atoms. The maximum Gasteiger partial charge on any atom is 0.122 e. The van der Waals surface area contributed by atoms with Gasteiger partial charge in [-0.2, -0.15) is 0 Å². The van der Waals surface area contributed by atoms with Gasteiger partial charge >= 0.3 is 0 Å². The fraction of sp³-hybridized carbons (Fsp3) is 0.200.